The molecule has 0 spiro atoms. The molecule has 0 bridgehead atoms. The largest absolute Gasteiger partial charge is 0.342 e. The predicted octanol–water partition coefficient (Wildman–Crippen LogP) is 2.56. The van der Waals surface area contributed by atoms with Gasteiger partial charge in [-0.1, -0.05) is 33.8 Å². The molecule has 1 N–H and O–H groups in total. The van der Waals surface area contributed by atoms with Crippen molar-refractivity contribution >= 4 is 22.8 Å². The standard InChI is InChI=1S/C20H28N4O2/c1-13(2)19-21-16-6-5-15(11-17(16)22-19)12-18(25)23-7-9-24(10-8-23)20(26)14(3)4/h5-6,11,13-14H,7-10,12H2,1-4H3,(H,21,22). The highest BCUT2D eigenvalue weighted by atomic mass is 16.2. The minimum atomic E-state index is 0.00844. The van der Waals surface area contributed by atoms with Gasteiger partial charge in [-0.25, -0.2) is 4.98 Å². The van der Waals surface area contributed by atoms with Gasteiger partial charge in [-0.15, -0.1) is 0 Å². The maximum absolute atomic E-state index is 12.6. The van der Waals surface area contributed by atoms with E-state index in [-0.39, 0.29) is 17.7 Å². The van der Waals surface area contributed by atoms with Crippen molar-refractivity contribution in [2.75, 3.05) is 26.2 Å². The molecule has 2 amide bonds. The van der Waals surface area contributed by atoms with Crippen LogP contribution in [0.3, 0.4) is 0 Å². The molecule has 1 aliphatic rings. The van der Waals surface area contributed by atoms with Crippen LogP contribution < -0.4 is 0 Å². The van der Waals surface area contributed by atoms with Crippen LogP contribution >= 0.6 is 0 Å². The van der Waals surface area contributed by atoms with Crippen LogP contribution in [0.5, 0.6) is 0 Å². The highest BCUT2D eigenvalue weighted by Gasteiger charge is 2.25. The number of carbonyl (C=O) groups excluding carboxylic acids is 2. The summed E-state index contributed by atoms with van der Waals surface area (Å²) in [6.45, 7) is 10.5. The number of imidazole rings is 1. The highest BCUT2D eigenvalue weighted by molar-refractivity contribution is 5.82. The minimum Gasteiger partial charge on any atom is -0.342 e. The van der Waals surface area contributed by atoms with E-state index in [9.17, 15) is 9.59 Å². The zero-order valence-corrected chi connectivity index (χ0v) is 16.1. The quantitative estimate of drug-likeness (QED) is 0.915. The number of benzene rings is 1. The van der Waals surface area contributed by atoms with Crippen LogP contribution in [-0.4, -0.2) is 57.8 Å². The average molecular weight is 356 g/mol. The average Bonchev–Trinajstić information content (AvgIpc) is 3.04. The summed E-state index contributed by atoms with van der Waals surface area (Å²) in [5.74, 6) is 1.60. The molecule has 1 fully saturated rings. The lowest BCUT2D eigenvalue weighted by Crippen LogP contribution is -2.51. The summed E-state index contributed by atoms with van der Waals surface area (Å²) in [5.41, 5.74) is 2.90. The first-order chi connectivity index (χ1) is 12.3. The number of H-pyrrole nitrogens is 1. The summed E-state index contributed by atoms with van der Waals surface area (Å²) >= 11 is 0. The molecule has 1 aromatic carbocycles. The Bertz CT molecular complexity index is 801. The van der Waals surface area contributed by atoms with Gasteiger partial charge in [0.1, 0.15) is 5.82 Å². The third kappa shape index (κ3) is 3.89. The molecule has 1 aromatic heterocycles. The van der Waals surface area contributed by atoms with E-state index in [2.05, 4.69) is 23.8 Å². The molecule has 1 saturated heterocycles. The number of hydrogen-bond donors (Lipinski definition) is 1. The van der Waals surface area contributed by atoms with E-state index in [1.165, 1.54) is 0 Å². The molecule has 0 unspecified atom stereocenters. The number of amides is 2. The molecular weight excluding hydrogens is 328 g/mol. The van der Waals surface area contributed by atoms with Crippen molar-refractivity contribution in [1.82, 2.24) is 19.8 Å². The lowest BCUT2D eigenvalue weighted by Gasteiger charge is -2.35. The van der Waals surface area contributed by atoms with Gasteiger partial charge in [-0.3, -0.25) is 9.59 Å². The van der Waals surface area contributed by atoms with E-state index in [1.807, 2.05) is 41.8 Å². The fraction of sp³-hybridized carbons (Fsp3) is 0.550. The molecule has 0 atom stereocenters. The first kappa shape index (κ1) is 18.4. The second-order valence-electron chi connectivity index (χ2n) is 7.67. The minimum absolute atomic E-state index is 0.00844. The maximum Gasteiger partial charge on any atom is 0.227 e. The third-order valence-corrected chi connectivity index (χ3v) is 4.90. The molecule has 0 radical (unpaired) electrons. The number of carbonyl (C=O) groups is 2. The van der Waals surface area contributed by atoms with Crippen molar-refractivity contribution < 1.29 is 9.59 Å². The van der Waals surface area contributed by atoms with E-state index in [4.69, 9.17) is 0 Å². The molecule has 26 heavy (non-hydrogen) atoms. The first-order valence-corrected chi connectivity index (χ1v) is 9.40. The SMILES string of the molecule is CC(C)C(=O)N1CCN(C(=O)Cc2ccc3nc(C(C)C)[nH]c3c2)CC1. The Labute approximate surface area is 154 Å². The van der Waals surface area contributed by atoms with Gasteiger partial charge in [-0.05, 0) is 17.7 Å². The second-order valence-corrected chi connectivity index (χ2v) is 7.67. The first-order valence-electron chi connectivity index (χ1n) is 9.40. The van der Waals surface area contributed by atoms with Gasteiger partial charge in [-0.2, -0.15) is 0 Å². The van der Waals surface area contributed by atoms with Crippen molar-refractivity contribution in [2.45, 2.75) is 40.0 Å². The topological polar surface area (TPSA) is 69.3 Å². The van der Waals surface area contributed by atoms with Crippen molar-refractivity contribution in [3.05, 3.63) is 29.6 Å². The fourth-order valence-electron chi connectivity index (χ4n) is 3.29. The monoisotopic (exact) mass is 356 g/mol. The number of fused-ring (bicyclic) bond motifs is 1. The fourth-order valence-corrected chi connectivity index (χ4v) is 3.29. The van der Waals surface area contributed by atoms with Crippen molar-refractivity contribution in [3.63, 3.8) is 0 Å². The molecule has 3 rings (SSSR count). The number of nitrogens with zero attached hydrogens (tertiary/aromatic N) is 3. The molecule has 140 valence electrons. The zero-order chi connectivity index (χ0) is 18.8. The summed E-state index contributed by atoms with van der Waals surface area (Å²) in [6, 6.07) is 5.97. The van der Waals surface area contributed by atoms with E-state index in [0.29, 0.717) is 38.5 Å². The summed E-state index contributed by atoms with van der Waals surface area (Å²) in [4.78, 5) is 36.3. The van der Waals surface area contributed by atoms with Gasteiger partial charge >= 0.3 is 0 Å². The molecule has 6 heteroatoms. The van der Waals surface area contributed by atoms with Crippen LogP contribution in [0.1, 0.15) is 45.0 Å². The lowest BCUT2D eigenvalue weighted by molar-refractivity contribution is -0.141. The number of hydrogen-bond acceptors (Lipinski definition) is 3. The van der Waals surface area contributed by atoms with E-state index in [1.54, 1.807) is 0 Å². The van der Waals surface area contributed by atoms with Crippen LogP contribution in [0.25, 0.3) is 11.0 Å². The summed E-state index contributed by atoms with van der Waals surface area (Å²) in [5, 5.41) is 0. The van der Waals surface area contributed by atoms with E-state index < -0.39 is 0 Å². The number of piperazine rings is 1. The zero-order valence-electron chi connectivity index (χ0n) is 16.1. The lowest BCUT2D eigenvalue weighted by atomic mass is 10.1. The van der Waals surface area contributed by atoms with Gasteiger partial charge in [0.15, 0.2) is 0 Å². The molecular formula is C20H28N4O2. The van der Waals surface area contributed by atoms with Gasteiger partial charge in [0.05, 0.1) is 17.5 Å². The normalized spacial score (nSPS) is 15.3. The molecule has 0 saturated carbocycles. The molecule has 2 heterocycles. The van der Waals surface area contributed by atoms with Gasteiger partial charge in [0.25, 0.3) is 0 Å². The Balaban J connectivity index is 1.61. The second kappa shape index (κ2) is 7.48. The van der Waals surface area contributed by atoms with Gasteiger partial charge < -0.3 is 14.8 Å². The van der Waals surface area contributed by atoms with Gasteiger partial charge in [0.2, 0.25) is 11.8 Å². The third-order valence-electron chi connectivity index (χ3n) is 4.90. The van der Waals surface area contributed by atoms with Crippen molar-refractivity contribution in [3.8, 4) is 0 Å². The Morgan fingerprint density at radius 1 is 1.08 bits per heavy atom. The van der Waals surface area contributed by atoms with Crippen LogP contribution in [0, 0.1) is 5.92 Å². The summed E-state index contributed by atoms with van der Waals surface area (Å²) in [6.07, 6.45) is 0.379. The van der Waals surface area contributed by atoms with Crippen LogP contribution in [-0.2, 0) is 16.0 Å². The number of aromatic nitrogens is 2. The molecule has 0 aliphatic carbocycles. The Morgan fingerprint density at radius 3 is 2.35 bits per heavy atom. The predicted molar refractivity (Wildman–Crippen MR) is 102 cm³/mol. The Hall–Kier alpha value is -2.37. The van der Waals surface area contributed by atoms with Crippen molar-refractivity contribution in [2.24, 2.45) is 5.92 Å². The number of nitrogens with one attached hydrogen (secondary N) is 1. The highest BCUT2D eigenvalue weighted by Crippen LogP contribution is 2.19. The van der Waals surface area contributed by atoms with Crippen LogP contribution in [0.2, 0.25) is 0 Å². The van der Waals surface area contributed by atoms with E-state index >= 15 is 0 Å². The van der Waals surface area contributed by atoms with Crippen LogP contribution in [0.15, 0.2) is 18.2 Å². The summed E-state index contributed by atoms with van der Waals surface area (Å²) in [7, 11) is 0. The Morgan fingerprint density at radius 2 is 1.73 bits per heavy atom. The molecule has 1 aliphatic heterocycles. The smallest absolute Gasteiger partial charge is 0.227 e. The molecule has 6 nitrogen and oxygen atoms in total. The van der Waals surface area contributed by atoms with Crippen LogP contribution in [0.4, 0.5) is 0 Å². The Kier molecular flexibility index (Phi) is 5.30. The maximum atomic E-state index is 12.6. The summed E-state index contributed by atoms with van der Waals surface area (Å²) < 4.78 is 0. The number of aromatic amines is 1. The number of rotatable bonds is 4. The molecule has 2 aromatic rings. The van der Waals surface area contributed by atoms with E-state index in [0.717, 1.165) is 22.4 Å². The van der Waals surface area contributed by atoms with Gasteiger partial charge in [0, 0.05) is 38.0 Å². The van der Waals surface area contributed by atoms with Crippen molar-refractivity contribution in [1.29, 1.82) is 0 Å².